The van der Waals surface area contributed by atoms with Crippen LogP contribution in [-0.2, 0) is 5.41 Å². The third kappa shape index (κ3) is 2.84. The molecule has 2 aromatic heterocycles. The topological polar surface area (TPSA) is 71.9 Å². The number of aromatic nitrogens is 4. The van der Waals surface area contributed by atoms with Gasteiger partial charge in [-0.3, -0.25) is 9.78 Å². The molecule has 8 heteroatoms. The van der Waals surface area contributed by atoms with E-state index < -0.39 is 17.0 Å². The van der Waals surface area contributed by atoms with Crippen molar-refractivity contribution in [3.8, 4) is 23.6 Å². The summed E-state index contributed by atoms with van der Waals surface area (Å²) in [5.41, 5.74) is 1.70. The molecule has 3 aromatic rings. The van der Waals surface area contributed by atoms with Crippen LogP contribution >= 0.6 is 0 Å². The van der Waals surface area contributed by atoms with E-state index in [-0.39, 0.29) is 40.1 Å². The second kappa shape index (κ2) is 7.38. The number of nitrogens with zero attached hydrogens (tertiary/aromatic N) is 5. The Kier molecular flexibility index (Phi) is 4.59. The second-order valence-electron chi connectivity index (χ2n) is 10.2. The number of fused-ring (bicyclic) bond motifs is 5. The zero-order chi connectivity index (χ0) is 24.5. The third-order valence-electron chi connectivity index (χ3n) is 8.30. The van der Waals surface area contributed by atoms with Gasteiger partial charge in [0.1, 0.15) is 17.3 Å². The second-order valence-corrected chi connectivity index (χ2v) is 10.2. The Balaban J connectivity index is 1.44. The summed E-state index contributed by atoms with van der Waals surface area (Å²) in [6.45, 7) is 5.34. The van der Waals surface area contributed by atoms with Crippen molar-refractivity contribution in [3.05, 3.63) is 70.9 Å². The quantitative estimate of drug-likeness (QED) is 0.538. The molecular weight excluding hydrogens is 448 g/mol. The van der Waals surface area contributed by atoms with Gasteiger partial charge < -0.3 is 4.90 Å². The van der Waals surface area contributed by atoms with Crippen LogP contribution in [0.2, 0.25) is 0 Å². The van der Waals surface area contributed by atoms with Crippen LogP contribution in [0.4, 0.5) is 8.78 Å². The van der Waals surface area contributed by atoms with Gasteiger partial charge in [0.05, 0.1) is 40.2 Å². The van der Waals surface area contributed by atoms with Crippen LogP contribution in [-0.4, -0.2) is 44.1 Å². The molecule has 1 saturated carbocycles. The van der Waals surface area contributed by atoms with Crippen molar-refractivity contribution >= 4 is 5.91 Å². The molecule has 2 bridgehead atoms. The largest absolute Gasteiger partial charge is 0.335 e. The standard InChI is InChI=1S/C27H23F2N5O/c1-4-15-13-34(14-15)25(35)21-11-30-12-22(31-21)27-9-8-17(26(27,2)3)16-10-20(32-33-24(16)27)23-18(28)6-5-7-19(23)29/h1,5-7,10-12,15,17H,8-9,13-14H2,2-3H3/t17-,27-/m0/s1. The highest BCUT2D eigenvalue weighted by atomic mass is 19.1. The summed E-state index contributed by atoms with van der Waals surface area (Å²) in [5.74, 6) is 1.31. The van der Waals surface area contributed by atoms with Crippen LogP contribution in [0.15, 0.2) is 36.7 Å². The van der Waals surface area contributed by atoms with Crippen LogP contribution in [0, 0.1) is 35.3 Å². The van der Waals surface area contributed by atoms with E-state index in [9.17, 15) is 13.6 Å². The summed E-state index contributed by atoms with van der Waals surface area (Å²) in [6.07, 6.45) is 10.3. The lowest BCUT2D eigenvalue weighted by Crippen LogP contribution is -2.49. The minimum atomic E-state index is -0.675. The summed E-state index contributed by atoms with van der Waals surface area (Å²) >= 11 is 0. The fraction of sp³-hybridized carbons (Fsp3) is 0.370. The Morgan fingerprint density at radius 2 is 1.91 bits per heavy atom. The molecular formula is C27H23F2N5O. The first kappa shape index (κ1) is 21.8. The Labute approximate surface area is 201 Å². The first-order valence-corrected chi connectivity index (χ1v) is 11.7. The molecule has 0 radical (unpaired) electrons. The van der Waals surface area contributed by atoms with Crippen molar-refractivity contribution in [1.29, 1.82) is 0 Å². The molecule has 1 saturated heterocycles. The van der Waals surface area contributed by atoms with Crippen molar-refractivity contribution < 1.29 is 13.6 Å². The van der Waals surface area contributed by atoms with Crippen molar-refractivity contribution in [3.63, 3.8) is 0 Å². The van der Waals surface area contributed by atoms with Gasteiger partial charge in [-0.15, -0.1) is 11.5 Å². The zero-order valence-corrected chi connectivity index (χ0v) is 19.4. The predicted molar refractivity (Wildman–Crippen MR) is 124 cm³/mol. The van der Waals surface area contributed by atoms with Crippen LogP contribution in [0.1, 0.15) is 60.0 Å². The number of hydrogen-bond donors (Lipinski definition) is 0. The van der Waals surface area contributed by atoms with Crippen LogP contribution in [0.5, 0.6) is 0 Å². The van der Waals surface area contributed by atoms with Crippen molar-refractivity contribution in [2.45, 2.75) is 38.0 Å². The summed E-state index contributed by atoms with van der Waals surface area (Å²) in [7, 11) is 0. The van der Waals surface area contributed by atoms with Crippen LogP contribution in [0.25, 0.3) is 11.3 Å². The van der Waals surface area contributed by atoms with E-state index >= 15 is 0 Å². The number of carbonyl (C=O) groups is 1. The van der Waals surface area contributed by atoms with Crippen molar-refractivity contribution in [2.75, 3.05) is 13.1 Å². The third-order valence-corrected chi connectivity index (χ3v) is 8.30. The summed E-state index contributed by atoms with van der Waals surface area (Å²) < 4.78 is 28.9. The number of rotatable bonds is 3. The van der Waals surface area contributed by atoms with Crippen molar-refractivity contribution in [2.24, 2.45) is 11.3 Å². The summed E-state index contributed by atoms with van der Waals surface area (Å²) in [6, 6.07) is 5.52. The molecule has 1 amide bonds. The number of amides is 1. The molecule has 3 heterocycles. The normalized spacial score (nSPS) is 24.1. The van der Waals surface area contributed by atoms with Gasteiger partial charge in [0, 0.05) is 19.3 Å². The molecule has 35 heavy (non-hydrogen) atoms. The average Bonchev–Trinajstić information content (AvgIpc) is 3.19. The van der Waals surface area contributed by atoms with Gasteiger partial charge in [-0.2, -0.15) is 5.10 Å². The van der Waals surface area contributed by atoms with E-state index in [0.717, 1.165) is 24.1 Å². The van der Waals surface area contributed by atoms with Gasteiger partial charge in [-0.05, 0) is 47.9 Å². The Morgan fingerprint density at radius 1 is 1.17 bits per heavy atom. The first-order chi connectivity index (χ1) is 16.8. The highest BCUT2D eigenvalue weighted by Crippen LogP contribution is 2.69. The Morgan fingerprint density at radius 3 is 2.63 bits per heavy atom. The number of carbonyl (C=O) groups excluding carboxylic acids is 1. The summed E-state index contributed by atoms with van der Waals surface area (Å²) in [4.78, 5) is 23.8. The van der Waals surface area contributed by atoms with Gasteiger partial charge in [0.15, 0.2) is 0 Å². The first-order valence-electron chi connectivity index (χ1n) is 11.7. The van der Waals surface area contributed by atoms with E-state index in [0.29, 0.717) is 18.8 Å². The van der Waals surface area contributed by atoms with Gasteiger partial charge in [-0.25, -0.2) is 13.8 Å². The number of terminal acetylenes is 1. The molecule has 6 nitrogen and oxygen atoms in total. The highest BCUT2D eigenvalue weighted by molar-refractivity contribution is 5.92. The number of benzene rings is 1. The van der Waals surface area contributed by atoms with Gasteiger partial charge in [0.25, 0.3) is 5.91 Å². The molecule has 2 atom stereocenters. The molecule has 3 aliphatic rings. The van der Waals surface area contributed by atoms with Gasteiger partial charge >= 0.3 is 0 Å². The zero-order valence-electron chi connectivity index (χ0n) is 19.4. The molecule has 6 rings (SSSR count). The minimum Gasteiger partial charge on any atom is -0.335 e. The Bertz CT molecular complexity index is 1410. The molecule has 1 aliphatic heterocycles. The van der Waals surface area contributed by atoms with Gasteiger partial charge in [0.2, 0.25) is 0 Å². The van der Waals surface area contributed by atoms with E-state index in [1.165, 1.54) is 24.4 Å². The summed E-state index contributed by atoms with van der Waals surface area (Å²) in [5, 5.41) is 8.78. The van der Waals surface area contributed by atoms with E-state index in [1.807, 2.05) is 0 Å². The molecule has 1 aromatic carbocycles. The molecule has 0 unspecified atom stereocenters. The molecule has 2 aliphatic carbocycles. The van der Waals surface area contributed by atoms with E-state index in [2.05, 4.69) is 34.9 Å². The lowest BCUT2D eigenvalue weighted by atomic mass is 9.66. The van der Waals surface area contributed by atoms with Crippen LogP contribution in [0.3, 0.4) is 0 Å². The lowest BCUT2D eigenvalue weighted by molar-refractivity contribution is 0.0572. The molecule has 2 fully saturated rings. The van der Waals surface area contributed by atoms with E-state index in [4.69, 9.17) is 11.4 Å². The number of hydrogen-bond acceptors (Lipinski definition) is 5. The fourth-order valence-corrected chi connectivity index (χ4v) is 6.34. The highest BCUT2D eigenvalue weighted by Gasteiger charge is 2.65. The minimum absolute atomic E-state index is 0.0775. The Hall–Kier alpha value is -3.73. The maximum atomic E-state index is 14.5. The SMILES string of the molecule is C#CC1CN(C(=O)c2cncc([C@@]34CC[C@@H](c5cc(-c6c(F)cccc6F)nnc53)C4(C)C)n2)C1. The molecule has 0 spiro atoms. The predicted octanol–water partition coefficient (Wildman–Crippen LogP) is 4.12. The smallest absolute Gasteiger partial charge is 0.274 e. The number of halogens is 2. The number of likely N-dealkylation sites (tertiary alicyclic amines) is 1. The van der Waals surface area contributed by atoms with Crippen molar-refractivity contribution in [1.82, 2.24) is 25.1 Å². The maximum Gasteiger partial charge on any atom is 0.274 e. The molecule has 0 N–H and O–H groups in total. The van der Waals surface area contributed by atoms with E-state index in [1.54, 1.807) is 17.2 Å². The van der Waals surface area contributed by atoms with Gasteiger partial charge in [-0.1, -0.05) is 25.8 Å². The molecule has 176 valence electrons. The maximum absolute atomic E-state index is 14.5. The average molecular weight is 472 g/mol. The fourth-order valence-electron chi connectivity index (χ4n) is 6.34. The van der Waals surface area contributed by atoms with Crippen LogP contribution < -0.4 is 0 Å². The lowest BCUT2D eigenvalue weighted by Gasteiger charge is -2.38. The monoisotopic (exact) mass is 471 g/mol.